The highest BCUT2D eigenvalue weighted by Gasteiger charge is 2.30. The fourth-order valence-electron chi connectivity index (χ4n) is 4.02. The Kier molecular flexibility index (Phi) is 5.30. The van der Waals surface area contributed by atoms with Gasteiger partial charge in [-0.3, -0.25) is 9.78 Å². The van der Waals surface area contributed by atoms with Gasteiger partial charge in [-0.15, -0.1) is 0 Å². The lowest BCUT2D eigenvalue weighted by Gasteiger charge is -2.15. The second kappa shape index (κ2) is 8.40. The molecule has 1 fully saturated rings. The molecule has 1 aliphatic rings. The van der Waals surface area contributed by atoms with Crippen molar-refractivity contribution in [2.24, 2.45) is 0 Å². The number of carbonyl (C=O) groups excluding carboxylic acids is 1. The molecule has 2 aromatic heterocycles. The van der Waals surface area contributed by atoms with Crippen molar-refractivity contribution < 1.29 is 14.1 Å². The number of amides is 1. The number of rotatable bonds is 5. The summed E-state index contributed by atoms with van der Waals surface area (Å²) in [5.74, 6) is 1.32. The van der Waals surface area contributed by atoms with Crippen molar-refractivity contribution in [2.75, 3.05) is 13.1 Å². The lowest BCUT2D eigenvalue weighted by molar-refractivity contribution is 0.0780. The van der Waals surface area contributed by atoms with Gasteiger partial charge in [-0.2, -0.15) is 0 Å². The van der Waals surface area contributed by atoms with E-state index in [1.54, 1.807) is 23.4 Å². The number of likely N-dealkylation sites (tertiary alicyclic amines) is 1. The molecule has 156 valence electrons. The molecule has 0 radical (unpaired) electrons. The molecule has 1 atom stereocenters. The van der Waals surface area contributed by atoms with Gasteiger partial charge in [-0.25, -0.2) is 0 Å². The number of halogens is 1. The minimum atomic E-state index is -0.138. The molecular weight excluding hydrogens is 414 g/mol. The summed E-state index contributed by atoms with van der Waals surface area (Å²) in [5.41, 5.74) is 1.37. The van der Waals surface area contributed by atoms with Gasteiger partial charge in [0.25, 0.3) is 5.91 Å². The van der Waals surface area contributed by atoms with Crippen LogP contribution in [0.2, 0.25) is 5.02 Å². The molecule has 0 bridgehead atoms. The van der Waals surface area contributed by atoms with Gasteiger partial charge in [-0.1, -0.05) is 47.1 Å². The van der Waals surface area contributed by atoms with Crippen LogP contribution >= 0.6 is 11.6 Å². The maximum Gasteiger partial charge on any atom is 0.276 e. The molecule has 0 spiro atoms. The highest BCUT2D eigenvalue weighted by molar-refractivity contribution is 6.31. The van der Waals surface area contributed by atoms with Crippen LogP contribution in [0.15, 0.2) is 71.5 Å². The number of aromatic nitrogens is 2. The van der Waals surface area contributed by atoms with Crippen LogP contribution in [-0.4, -0.2) is 34.0 Å². The van der Waals surface area contributed by atoms with Crippen molar-refractivity contribution in [3.63, 3.8) is 0 Å². The van der Waals surface area contributed by atoms with E-state index in [9.17, 15) is 4.79 Å². The summed E-state index contributed by atoms with van der Waals surface area (Å²) in [5, 5.41) is 6.68. The van der Waals surface area contributed by atoms with Crippen molar-refractivity contribution in [2.45, 2.75) is 18.9 Å². The zero-order valence-electron chi connectivity index (χ0n) is 16.7. The minimum absolute atomic E-state index is 0.138. The number of nitrogens with zero attached hydrogens (tertiary/aromatic N) is 3. The standard InChI is InChI=1S/C24H20ClN3O3/c25-21-6-2-1-5-19(21)17-9-11-28(14-17)24(29)22-12-18(31-27-22)15-30-23-7-3-4-16-13-26-10-8-20(16)23/h1-8,10,12-13,17H,9,11,14-15H2/t17-/m1/s1. The molecule has 1 saturated heterocycles. The maximum atomic E-state index is 12.9. The van der Waals surface area contributed by atoms with Gasteiger partial charge in [-0.05, 0) is 30.2 Å². The van der Waals surface area contributed by atoms with E-state index in [0.717, 1.165) is 33.5 Å². The Balaban J connectivity index is 1.24. The monoisotopic (exact) mass is 433 g/mol. The fourth-order valence-corrected chi connectivity index (χ4v) is 4.31. The van der Waals surface area contributed by atoms with E-state index in [2.05, 4.69) is 10.1 Å². The Labute approximate surface area is 184 Å². The van der Waals surface area contributed by atoms with E-state index < -0.39 is 0 Å². The van der Waals surface area contributed by atoms with Gasteiger partial charge in [0.2, 0.25) is 0 Å². The van der Waals surface area contributed by atoms with E-state index in [0.29, 0.717) is 24.5 Å². The number of hydrogen-bond acceptors (Lipinski definition) is 5. The first kappa shape index (κ1) is 19.6. The van der Waals surface area contributed by atoms with Crippen LogP contribution in [0.5, 0.6) is 5.75 Å². The lowest BCUT2D eigenvalue weighted by atomic mass is 9.98. The van der Waals surface area contributed by atoms with Crippen molar-refractivity contribution in [1.82, 2.24) is 15.0 Å². The topological polar surface area (TPSA) is 68.5 Å². The number of carbonyl (C=O) groups is 1. The van der Waals surface area contributed by atoms with Gasteiger partial charge in [0.15, 0.2) is 11.5 Å². The number of fused-ring (bicyclic) bond motifs is 1. The lowest BCUT2D eigenvalue weighted by Crippen LogP contribution is -2.28. The molecule has 0 N–H and O–H groups in total. The normalized spacial score (nSPS) is 16.0. The van der Waals surface area contributed by atoms with E-state index in [1.165, 1.54) is 0 Å². The molecule has 3 heterocycles. The molecule has 7 heteroatoms. The van der Waals surface area contributed by atoms with Gasteiger partial charge >= 0.3 is 0 Å². The molecule has 1 amide bonds. The Hall–Kier alpha value is -3.38. The molecule has 2 aromatic carbocycles. The second-order valence-electron chi connectivity index (χ2n) is 7.58. The summed E-state index contributed by atoms with van der Waals surface area (Å²) in [6, 6.07) is 17.1. The third kappa shape index (κ3) is 3.99. The Morgan fingerprint density at radius 1 is 1.19 bits per heavy atom. The number of pyridine rings is 1. The van der Waals surface area contributed by atoms with Crippen LogP contribution in [0.25, 0.3) is 10.8 Å². The first-order valence-electron chi connectivity index (χ1n) is 10.1. The summed E-state index contributed by atoms with van der Waals surface area (Å²) in [6.45, 7) is 1.47. The summed E-state index contributed by atoms with van der Waals surface area (Å²) in [7, 11) is 0. The Morgan fingerprint density at radius 2 is 2.10 bits per heavy atom. The third-order valence-electron chi connectivity index (χ3n) is 5.61. The molecule has 4 aromatic rings. The van der Waals surface area contributed by atoms with Gasteiger partial charge in [0.05, 0.1) is 0 Å². The molecule has 0 saturated carbocycles. The summed E-state index contributed by atoms with van der Waals surface area (Å²) in [4.78, 5) is 18.8. The SMILES string of the molecule is O=C(c1cc(COc2cccc3cnccc23)on1)N1CC[C@@H](c2ccccc2Cl)C1. The summed E-state index contributed by atoms with van der Waals surface area (Å²) in [6.07, 6.45) is 4.39. The van der Waals surface area contributed by atoms with Crippen LogP contribution in [-0.2, 0) is 6.61 Å². The first-order valence-corrected chi connectivity index (χ1v) is 10.5. The van der Waals surface area contributed by atoms with Gasteiger partial charge in [0, 0.05) is 53.3 Å². The number of hydrogen-bond donors (Lipinski definition) is 0. The molecule has 31 heavy (non-hydrogen) atoms. The zero-order chi connectivity index (χ0) is 21.2. The van der Waals surface area contributed by atoms with Crippen molar-refractivity contribution in [3.8, 4) is 5.75 Å². The minimum Gasteiger partial charge on any atom is -0.485 e. The molecule has 1 aliphatic heterocycles. The quantitative estimate of drug-likeness (QED) is 0.438. The predicted molar refractivity (Wildman–Crippen MR) is 117 cm³/mol. The van der Waals surface area contributed by atoms with E-state index in [4.69, 9.17) is 20.9 Å². The maximum absolute atomic E-state index is 12.9. The van der Waals surface area contributed by atoms with Crippen molar-refractivity contribution in [1.29, 1.82) is 0 Å². The summed E-state index contributed by atoms with van der Waals surface area (Å²) >= 11 is 6.33. The Bertz CT molecular complexity index is 1230. The molecule has 0 unspecified atom stereocenters. The largest absolute Gasteiger partial charge is 0.485 e. The predicted octanol–water partition coefficient (Wildman–Crippen LogP) is 5.08. The zero-order valence-corrected chi connectivity index (χ0v) is 17.5. The fraction of sp³-hybridized carbons (Fsp3) is 0.208. The van der Waals surface area contributed by atoms with Crippen LogP contribution in [0.1, 0.15) is 34.2 Å². The van der Waals surface area contributed by atoms with E-state index in [-0.39, 0.29) is 18.4 Å². The average Bonchev–Trinajstić information content (AvgIpc) is 3.48. The van der Waals surface area contributed by atoms with Crippen LogP contribution in [0.3, 0.4) is 0 Å². The van der Waals surface area contributed by atoms with Crippen LogP contribution < -0.4 is 4.74 Å². The molecule has 0 aliphatic carbocycles. The highest BCUT2D eigenvalue weighted by atomic mass is 35.5. The molecular formula is C24H20ClN3O3. The average molecular weight is 434 g/mol. The van der Waals surface area contributed by atoms with E-state index in [1.807, 2.05) is 48.5 Å². The van der Waals surface area contributed by atoms with Crippen LogP contribution in [0, 0.1) is 0 Å². The van der Waals surface area contributed by atoms with Crippen LogP contribution in [0.4, 0.5) is 0 Å². The van der Waals surface area contributed by atoms with Crippen molar-refractivity contribution in [3.05, 3.63) is 89.0 Å². The summed E-state index contributed by atoms with van der Waals surface area (Å²) < 4.78 is 11.3. The van der Waals surface area contributed by atoms with Crippen molar-refractivity contribution >= 4 is 28.3 Å². The number of ether oxygens (including phenoxy) is 1. The van der Waals surface area contributed by atoms with Gasteiger partial charge < -0.3 is 14.2 Å². The smallest absolute Gasteiger partial charge is 0.276 e. The number of benzene rings is 2. The molecule has 5 rings (SSSR count). The second-order valence-corrected chi connectivity index (χ2v) is 7.99. The third-order valence-corrected chi connectivity index (χ3v) is 5.95. The van der Waals surface area contributed by atoms with Gasteiger partial charge in [0.1, 0.15) is 12.4 Å². The first-order chi connectivity index (χ1) is 15.2. The highest BCUT2D eigenvalue weighted by Crippen LogP contribution is 2.32. The Morgan fingerprint density at radius 3 is 3.00 bits per heavy atom. The van der Waals surface area contributed by atoms with E-state index >= 15 is 0 Å². The molecule has 6 nitrogen and oxygen atoms in total.